The summed E-state index contributed by atoms with van der Waals surface area (Å²) in [6, 6.07) is 17.1. The topological polar surface area (TPSA) is 41.5 Å². The molecule has 4 rings (SSSR count). The molecule has 0 radical (unpaired) electrons. The third-order valence-corrected chi connectivity index (χ3v) is 4.55. The lowest BCUT2D eigenvalue weighted by molar-refractivity contribution is 0.0257. The Balaban J connectivity index is 1.65. The molecule has 0 unspecified atom stereocenters. The normalized spacial score (nSPS) is 24.0. The number of hydrogen-bond donors (Lipinski definition) is 2. The van der Waals surface area contributed by atoms with E-state index in [0.717, 1.165) is 0 Å². The molecule has 108 valence electrons. The highest BCUT2D eigenvalue weighted by Crippen LogP contribution is 2.43. The molecule has 2 aromatic carbocycles. The zero-order chi connectivity index (χ0) is 14.3. The first-order valence-electron chi connectivity index (χ1n) is 7.49. The van der Waals surface area contributed by atoms with E-state index in [1.165, 1.54) is 22.3 Å². The number of ether oxygens (including phenoxy) is 1. The number of nitrogens with one attached hydrogen (secondary N) is 1. The Labute approximate surface area is 124 Å². The minimum atomic E-state index is -0.730. The summed E-state index contributed by atoms with van der Waals surface area (Å²) in [4.78, 5) is 0. The average molecular weight is 281 g/mol. The van der Waals surface area contributed by atoms with Crippen molar-refractivity contribution in [3.63, 3.8) is 0 Å². The summed E-state index contributed by atoms with van der Waals surface area (Å²) in [7, 11) is 0. The van der Waals surface area contributed by atoms with Crippen LogP contribution in [0.5, 0.6) is 0 Å². The molecule has 2 aromatic rings. The van der Waals surface area contributed by atoms with Crippen molar-refractivity contribution in [2.75, 3.05) is 19.8 Å². The van der Waals surface area contributed by atoms with Crippen molar-refractivity contribution in [1.82, 2.24) is 5.32 Å². The van der Waals surface area contributed by atoms with Gasteiger partial charge in [-0.05, 0) is 22.3 Å². The number of hydrogen-bond acceptors (Lipinski definition) is 3. The molecule has 2 N–H and O–H groups in total. The van der Waals surface area contributed by atoms with Gasteiger partial charge in [0.15, 0.2) is 0 Å². The molecule has 0 saturated carbocycles. The Bertz CT molecular complexity index is 616. The predicted octanol–water partition coefficient (Wildman–Crippen LogP) is 2.50. The van der Waals surface area contributed by atoms with E-state index in [1.54, 1.807) is 0 Å². The first-order chi connectivity index (χ1) is 10.3. The van der Waals surface area contributed by atoms with Gasteiger partial charge in [0, 0.05) is 19.6 Å². The van der Waals surface area contributed by atoms with Gasteiger partial charge in [-0.1, -0.05) is 48.5 Å². The van der Waals surface area contributed by atoms with Crippen molar-refractivity contribution in [3.05, 3.63) is 59.7 Å². The first kappa shape index (κ1) is 13.0. The van der Waals surface area contributed by atoms with Crippen LogP contribution >= 0.6 is 0 Å². The fourth-order valence-corrected chi connectivity index (χ4v) is 3.40. The zero-order valence-electron chi connectivity index (χ0n) is 11.9. The van der Waals surface area contributed by atoms with Gasteiger partial charge in [0.05, 0.1) is 12.6 Å². The van der Waals surface area contributed by atoms with Crippen molar-refractivity contribution >= 4 is 0 Å². The molecular weight excluding hydrogens is 262 g/mol. The van der Waals surface area contributed by atoms with Crippen molar-refractivity contribution in [2.45, 2.75) is 18.1 Å². The van der Waals surface area contributed by atoms with Gasteiger partial charge in [-0.25, -0.2) is 0 Å². The quantitative estimate of drug-likeness (QED) is 0.908. The van der Waals surface area contributed by atoms with Gasteiger partial charge in [0.1, 0.15) is 5.60 Å². The molecule has 1 saturated heterocycles. The molecule has 1 aliphatic carbocycles. The Kier molecular flexibility index (Phi) is 3.07. The molecule has 0 aromatic heterocycles. The van der Waals surface area contributed by atoms with Crippen LogP contribution in [0.3, 0.4) is 0 Å². The number of benzene rings is 2. The van der Waals surface area contributed by atoms with Crippen molar-refractivity contribution in [2.24, 2.45) is 0 Å². The van der Waals surface area contributed by atoms with Crippen LogP contribution in [0, 0.1) is 0 Å². The number of rotatable bonds is 3. The van der Waals surface area contributed by atoms with Gasteiger partial charge in [-0.3, -0.25) is 0 Å². The van der Waals surface area contributed by atoms with Crippen LogP contribution in [-0.4, -0.2) is 30.5 Å². The SMILES string of the molecule is O[C@]1(CNC2c3ccccc3-c3ccccc32)CCOC1. The van der Waals surface area contributed by atoms with Crippen molar-refractivity contribution in [1.29, 1.82) is 0 Å². The third-order valence-electron chi connectivity index (χ3n) is 4.55. The van der Waals surface area contributed by atoms with Crippen LogP contribution in [-0.2, 0) is 4.74 Å². The molecule has 0 spiro atoms. The van der Waals surface area contributed by atoms with E-state index in [4.69, 9.17) is 4.74 Å². The Morgan fingerprint density at radius 2 is 1.67 bits per heavy atom. The molecular formula is C18H19NO2. The van der Waals surface area contributed by atoms with E-state index in [9.17, 15) is 5.11 Å². The van der Waals surface area contributed by atoms with Crippen LogP contribution in [0.1, 0.15) is 23.6 Å². The van der Waals surface area contributed by atoms with E-state index >= 15 is 0 Å². The van der Waals surface area contributed by atoms with Crippen LogP contribution in [0.15, 0.2) is 48.5 Å². The molecule has 0 amide bonds. The van der Waals surface area contributed by atoms with E-state index in [0.29, 0.717) is 26.2 Å². The van der Waals surface area contributed by atoms with E-state index in [1.807, 2.05) is 0 Å². The van der Waals surface area contributed by atoms with Gasteiger partial charge < -0.3 is 15.2 Å². The zero-order valence-corrected chi connectivity index (χ0v) is 11.9. The van der Waals surface area contributed by atoms with Crippen molar-refractivity contribution < 1.29 is 9.84 Å². The second-order valence-electron chi connectivity index (χ2n) is 6.02. The average Bonchev–Trinajstić information content (AvgIpc) is 3.08. The number of fused-ring (bicyclic) bond motifs is 3. The molecule has 21 heavy (non-hydrogen) atoms. The second-order valence-corrected chi connectivity index (χ2v) is 6.02. The molecule has 1 heterocycles. The molecule has 3 nitrogen and oxygen atoms in total. The summed E-state index contributed by atoms with van der Waals surface area (Å²) in [6.45, 7) is 1.63. The third kappa shape index (κ3) is 2.18. The summed E-state index contributed by atoms with van der Waals surface area (Å²) in [6.07, 6.45) is 0.704. The number of aliphatic hydroxyl groups is 1. The van der Waals surface area contributed by atoms with Crippen molar-refractivity contribution in [3.8, 4) is 11.1 Å². The Morgan fingerprint density at radius 3 is 2.24 bits per heavy atom. The summed E-state index contributed by atoms with van der Waals surface area (Å²) in [5.41, 5.74) is 4.44. The van der Waals surface area contributed by atoms with Crippen LogP contribution in [0.2, 0.25) is 0 Å². The highest BCUT2D eigenvalue weighted by Gasteiger charge is 2.35. The molecule has 1 aliphatic heterocycles. The lowest BCUT2D eigenvalue weighted by Gasteiger charge is -2.24. The largest absolute Gasteiger partial charge is 0.386 e. The van der Waals surface area contributed by atoms with E-state index in [2.05, 4.69) is 53.8 Å². The monoisotopic (exact) mass is 281 g/mol. The minimum Gasteiger partial charge on any atom is -0.386 e. The van der Waals surface area contributed by atoms with Gasteiger partial charge >= 0.3 is 0 Å². The standard InChI is InChI=1S/C18H19NO2/c20-18(9-10-21-12-18)11-19-17-15-7-3-1-5-13(15)14-6-2-4-8-16(14)17/h1-8,17,19-20H,9-12H2/t18-/m0/s1. The minimum absolute atomic E-state index is 0.155. The van der Waals surface area contributed by atoms with Gasteiger partial charge in [-0.15, -0.1) is 0 Å². The van der Waals surface area contributed by atoms with Gasteiger partial charge in [0.2, 0.25) is 0 Å². The highest BCUT2D eigenvalue weighted by atomic mass is 16.5. The smallest absolute Gasteiger partial charge is 0.103 e. The summed E-state index contributed by atoms with van der Waals surface area (Å²) < 4.78 is 5.32. The highest BCUT2D eigenvalue weighted by molar-refractivity contribution is 5.78. The lowest BCUT2D eigenvalue weighted by Crippen LogP contribution is -2.42. The van der Waals surface area contributed by atoms with Gasteiger partial charge in [-0.2, -0.15) is 0 Å². The van der Waals surface area contributed by atoms with Gasteiger partial charge in [0.25, 0.3) is 0 Å². The Morgan fingerprint density at radius 1 is 1.05 bits per heavy atom. The summed E-state index contributed by atoms with van der Waals surface area (Å²) >= 11 is 0. The van der Waals surface area contributed by atoms with Crippen LogP contribution in [0.4, 0.5) is 0 Å². The maximum absolute atomic E-state index is 10.5. The lowest BCUT2D eigenvalue weighted by atomic mass is 10.0. The fourth-order valence-electron chi connectivity index (χ4n) is 3.40. The van der Waals surface area contributed by atoms with Crippen LogP contribution < -0.4 is 5.32 Å². The van der Waals surface area contributed by atoms with E-state index in [-0.39, 0.29) is 6.04 Å². The molecule has 1 atom stereocenters. The summed E-state index contributed by atoms with van der Waals surface area (Å²) in [5.74, 6) is 0. The van der Waals surface area contributed by atoms with Crippen LogP contribution in [0.25, 0.3) is 11.1 Å². The second kappa shape index (κ2) is 4.95. The first-order valence-corrected chi connectivity index (χ1v) is 7.49. The summed E-state index contributed by atoms with van der Waals surface area (Å²) in [5, 5.41) is 14.0. The van der Waals surface area contributed by atoms with E-state index < -0.39 is 5.60 Å². The fraction of sp³-hybridized carbons (Fsp3) is 0.333. The Hall–Kier alpha value is -1.68. The maximum Gasteiger partial charge on any atom is 0.103 e. The molecule has 2 aliphatic rings. The molecule has 3 heteroatoms. The maximum atomic E-state index is 10.5. The molecule has 0 bridgehead atoms. The predicted molar refractivity (Wildman–Crippen MR) is 82.1 cm³/mol. The molecule has 1 fully saturated rings.